The van der Waals surface area contributed by atoms with Crippen molar-refractivity contribution in [3.05, 3.63) is 16.3 Å². The SMILES string of the molecule is CC1(OCc2n[nH]c(=O)[nH]2)CNC1. The summed E-state index contributed by atoms with van der Waals surface area (Å²) in [6.07, 6.45) is 0. The predicted octanol–water partition coefficient (Wildman–Crippen LogP) is -1.02. The smallest absolute Gasteiger partial charge is 0.340 e. The number of nitrogens with zero attached hydrogens (tertiary/aromatic N) is 1. The lowest BCUT2D eigenvalue weighted by molar-refractivity contribution is -0.0789. The van der Waals surface area contributed by atoms with Crippen LogP contribution < -0.4 is 11.0 Å². The van der Waals surface area contributed by atoms with Crippen molar-refractivity contribution < 1.29 is 4.74 Å². The maximum Gasteiger partial charge on any atom is 0.340 e. The zero-order valence-corrected chi connectivity index (χ0v) is 7.39. The quantitative estimate of drug-likeness (QED) is 0.561. The maximum absolute atomic E-state index is 10.7. The summed E-state index contributed by atoms with van der Waals surface area (Å²) in [5.41, 5.74) is -0.397. The molecule has 2 rings (SSSR count). The lowest BCUT2D eigenvalue weighted by atomic mass is 10.0. The fraction of sp³-hybridized carbons (Fsp3) is 0.714. The van der Waals surface area contributed by atoms with Crippen LogP contribution >= 0.6 is 0 Å². The van der Waals surface area contributed by atoms with Gasteiger partial charge in [0.25, 0.3) is 0 Å². The van der Waals surface area contributed by atoms with Crippen LogP contribution in [0.3, 0.4) is 0 Å². The molecule has 1 fully saturated rings. The first kappa shape index (κ1) is 8.46. The molecule has 72 valence electrons. The first-order valence-electron chi connectivity index (χ1n) is 4.16. The zero-order chi connectivity index (χ0) is 9.31. The lowest BCUT2D eigenvalue weighted by Crippen LogP contribution is -2.58. The van der Waals surface area contributed by atoms with Crippen LogP contribution in [0.2, 0.25) is 0 Å². The summed E-state index contributed by atoms with van der Waals surface area (Å²) in [6, 6.07) is 0. The molecule has 6 nitrogen and oxygen atoms in total. The Balaban J connectivity index is 1.89. The van der Waals surface area contributed by atoms with Crippen molar-refractivity contribution >= 4 is 0 Å². The summed E-state index contributed by atoms with van der Waals surface area (Å²) in [4.78, 5) is 13.2. The van der Waals surface area contributed by atoms with Crippen LogP contribution in [0.5, 0.6) is 0 Å². The number of aromatic nitrogens is 3. The van der Waals surface area contributed by atoms with Gasteiger partial charge in [-0.25, -0.2) is 9.89 Å². The van der Waals surface area contributed by atoms with E-state index < -0.39 is 0 Å². The van der Waals surface area contributed by atoms with Gasteiger partial charge in [0.15, 0.2) is 5.82 Å². The molecule has 0 radical (unpaired) electrons. The van der Waals surface area contributed by atoms with E-state index >= 15 is 0 Å². The summed E-state index contributed by atoms with van der Waals surface area (Å²) < 4.78 is 5.55. The molecule has 0 aromatic carbocycles. The first-order chi connectivity index (χ1) is 6.18. The number of ether oxygens (including phenoxy) is 1. The maximum atomic E-state index is 10.7. The monoisotopic (exact) mass is 184 g/mol. The normalized spacial score (nSPS) is 19.8. The molecule has 0 unspecified atom stereocenters. The second kappa shape index (κ2) is 2.97. The minimum Gasteiger partial charge on any atom is -0.365 e. The molecule has 6 heteroatoms. The molecule has 1 aliphatic rings. The van der Waals surface area contributed by atoms with E-state index in [9.17, 15) is 4.79 Å². The molecule has 0 spiro atoms. The number of hydrogen-bond donors (Lipinski definition) is 3. The Morgan fingerprint density at radius 1 is 1.62 bits per heavy atom. The summed E-state index contributed by atoms with van der Waals surface area (Å²) in [5, 5.41) is 9.14. The molecule has 0 atom stereocenters. The van der Waals surface area contributed by atoms with Crippen molar-refractivity contribution in [1.82, 2.24) is 20.5 Å². The Bertz CT molecular complexity index is 338. The van der Waals surface area contributed by atoms with E-state index in [2.05, 4.69) is 20.5 Å². The number of hydrogen-bond acceptors (Lipinski definition) is 4. The second-order valence-corrected chi connectivity index (χ2v) is 3.47. The van der Waals surface area contributed by atoms with E-state index in [4.69, 9.17) is 4.74 Å². The Morgan fingerprint density at radius 2 is 2.38 bits per heavy atom. The third-order valence-electron chi connectivity index (χ3n) is 2.11. The molecule has 0 aliphatic carbocycles. The molecule has 1 aromatic rings. The minimum atomic E-state index is -0.296. The van der Waals surface area contributed by atoms with Gasteiger partial charge in [-0.2, -0.15) is 5.10 Å². The molecule has 3 N–H and O–H groups in total. The van der Waals surface area contributed by atoms with E-state index in [1.165, 1.54) is 0 Å². The van der Waals surface area contributed by atoms with Gasteiger partial charge in [-0.3, -0.25) is 4.98 Å². The van der Waals surface area contributed by atoms with Crippen molar-refractivity contribution in [2.75, 3.05) is 13.1 Å². The van der Waals surface area contributed by atoms with E-state index in [-0.39, 0.29) is 11.3 Å². The minimum absolute atomic E-state index is 0.101. The average molecular weight is 184 g/mol. The van der Waals surface area contributed by atoms with Crippen molar-refractivity contribution in [2.24, 2.45) is 0 Å². The van der Waals surface area contributed by atoms with Gasteiger partial charge >= 0.3 is 5.69 Å². The van der Waals surface area contributed by atoms with Crippen LogP contribution in [-0.4, -0.2) is 33.9 Å². The number of rotatable bonds is 3. The molecule has 2 heterocycles. The fourth-order valence-corrected chi connectivity index (χ4v) is 1.20. The van der Waals surface area contributed by atoms with Crippen molar-refractivity contribution in [2.45, 2.75) is 19.1 Å². The molecule has 0 amide bonds. The van der Waals surface area contributed by atoms with Gasteiger partial charge in [-0.15, -0.1) is 0 Å². The number of H-pyrrole nitrogens is 2. The predicted molar refractivity (Wildman–Crippen MR) is 45.3 cm³/mol. The van der Waals surface area contributed by atoms with Gasteiger partial charge in [0.1, 0.15) is 6.61 Å². The van der Waals surface area contributed by atoms with Gasteiger partial charge < -0.3 is 10.1 Å². The summed E-state index contributed by atoms with van der Waals surface area (Å²) in [7, 11) is 0. The van der Waals surface area contributed by atoms with Gasteiger partial charge in [0.2, 0.25) is 0 Å². The van der Waals surface area contributed by atoms with Crippen LogP contribution in [0.1, 0.15) is 12.7 Å². The highest BCUT2D eigenvalue weighted by atomic mass is 16.5. The zero-order valence-electron chi connectivity index (χ0n) is 7.39. The first-order valence-corrected chi connectivity index (χ1v) is 4.16. The Morgan fingerprint density at radius 3 is 2.85 bits per heavy atom. The molecule has 0 bridgehead atoms. The fourth-order valence-electron chi connectivity index (χ4n) is 1.20. The van der Waals surface area contributed by atoms with Gasteiger partial charge in [0.05, 0.1) is 5.60 Å². The average Bonchev–Trinajstić information content (AvgIpc) is 2.44. The Labute approximate surface area is 74.7 Å². The third kappa shape index (κ3) is 1.78. The molecule has 1 aliphatic heterocycles. The lowest BCUT2D eigenvalue weighted by Gasteiger charge is -2.38. The van der Waals surface area contributed by atoms with E-state index in [0.717, 1.165) is 13.1 Å². The van der Waals surface area contributed by atoms with Gasteiger partial charge in [-0.1, -0.05) is 0 Å². The van der Waals surface area contributed by atoms with Crippen molar-refractivity contribution in [3.8, 4) is 0 Å². The van der Waals surface area contributed by atoms with Crippen LogP contribution in [0.4, 0.5) is 0 Å². The van der Waals surface area contributed by atoms with E-state index in [1.807, 2.05) is 6.92 Å². The molecule has 13 heavy (non-hydrogen) atoms. The van der Waals surface area contributed by atoms with Crippen molar-refractivity contribution in [1.29, 1.82) is 0 Å². The molecular formula is C7H12N4O2. The van der Waals surface area contributed by atoms with Crippen LogP contribution in [0, 0.1) is 0 Å². The largest absolute Gasteiger partial charge is 0.365 e. The van der Waals surface area contributed by atoms with Gasteiger partial charge in [-0.05, 0) is 6.92 Å². The van der Waals surface area contributed by atoms with Gasteiger partial charge in [0, 0.05) is 13.1 Å². The molecular weight excluding hydrogens is 172 g/mol. The second-order valence-electron chi connectivity index (χ2n) is 3.47. The van der Waals surface area contributed by atoms with E-state index in [0.29, 0.717) is 12.4 Å². The highest BCUT2D eigenvalue weighted by Gasteiger charge is 2.32. The standard InChI is InChI=1S/C7H12N4O2/c1-7(3-8-4-7)13-2-5-9-6(12)11-10-5/h8H,2-4H2,1H3,(H2,9,10,11,12). The number of nitrogens with one attached hydrogen (secondary N) is 3. The summed E-state index contributed by atoms with van der Waals surface area (Å²) >= 11 is 0. The molecule has 1 saturated heterocycles. The Kier molecular flexibility index (Phi) is 1.93. The van der Waals surface area contributed by atoms with Crippen molar-refractivity contribution in [3.63, 3.8) is 0 Å². The highest BCUT2D eigenvalue weighted by Crippen LogP contribution is 2.16. The van der Waals surface area contributed by atoms with Crippen LogP contribution in [-0.2, 0) is 11.3 Å². The summed E-state index contributed by atoms with van der Waals surface area (Å²) in [6.45, 7) is 4.06. The molecule has 0 saturated carbocycles. The van der Waals surface area contributed by atoms with Crippen LogP contribution in [0.25, 0.3) is 0 Å². The summed E-state index contributed by atoms with van der Waals surface area (Å²) in [5.74, 6) is 0.540. The Hall–Kier alpha value is -1.14. The van der Waals surface area contributed by atoms with E-state index in [1.54, 1.807) is 0 Å². The third-order valence-corrected chi connectivity index (χ3v) is 2.11. The number of aromatic amines is 2. The van der Waals surface area contributed by atoms with Crippen LogP contribution in [0.15, 0.2) is 4.79 Å². The molecule has 1 aromatic heterocycles. The highest BCUT2D eigenvalue weighted by molar-refractivity contribution is 4.91. The topological polar surface area (TPSA) is 82.8 Å².